The fraction of sp³-hybridized carbons (Fsp3) is 0.286. The van der Waals surface area contributed by atoms with Gasteiger partial charge in [-0.15, -0.1) is 0 Å². The molecule has 1 rings (SSSR count). The predicted octanol–water partition coefficient (Wildman–Crippen LogP) is 0.745. The van der Waals surface area contributed by atoms with Gasteiger partial charge in [0, 0.05) is 18.7 Å². The minimum atomic E-state index is -0.348. The Morgan fingerprint density at radius 3 is 3.09 bits per heavy atom. The zero-order valence-corrected chi connectivity index (χ0v) is 6.35. The van der Waals surface area contributed by atoms with Crippen LogP contribution < -0.4 is 5.32 Å². The van der Waals surface area contributed by atoms with Crippen LogP contribution in [0, 0.1) is 6.92 Å². The minimum absolute atomic E-state index is 0.348. The monoisotopic (exact) mass is 152 g/mol. The summed E-state index contributed by atoms with van der Waals surface area (Å²) in [4.78, 5) is 10.4. The summed E-state index contributed by atoms with van der Waals surface area (Å²) in [6.45, 7) is 5.17. The van der Waals surface area contributed by atoms with Crippen molar-refractivity contribution in [2.24, 2.45) is 0 Å². The van der Waals surface area contributed by atoms with Gasteiger partial charge in [0.25, 0.3) is 0 Å². The van der Waals surface area contributed by atoms with Gasteiger partial charge in [-0.25, -0.2) is 0 Å². The van der Waals surface area contributed by atoms with Crippen molar-refractivity contribution < 1.29 is 4.79 Å². The molecule has 0 bridgehead atoms. The van der Waals surface area contributed by atoms with E-state index in [1.165, 1.54) is 0 Å². The number of rotatable bonds is 2. The third-order valence-corrected chi connectivity index (χ3v) is 1.28. The molecule has 0 saturated heterocycles. The summed E-state index contributed by atoms with van der Waals surface area (Å²) in [5, 5.41) is 9.07. The van der Waals surface area contributed by atoms with Gasteiger partial charge in [-0.05, 0) is 6.42 Å². The molecule has 0 aromatic carbocycles. The molecule has 4 heteroatoms. The van der Waals surface area contributed by atoms with Crippen molar-refractivity contribution in [3.8, 4) is 0 Å². The largest absolute Gasteiger partial charge is 0.309 e. The molecular formula is C7H10N3O. The van der Waals surface area contributed by atoms with E-state index in [-0.39, 0.29) is 5.91 Å². The fourth-order valence-corrected chi connectivity index (χ4v) is 0.750. The number of aryl methyl sites for hydroxylation is 1. The Bertz CT molecular complexity index is 254. The number of hydrogen-bond acceptors (Lipinski definition) is 2. The number of nitrogens with one attached hydrogen (secondary N) is 2. The highest BCUT2D eigenvalue weighted by Gasteiger charge is 1.99. The number of amides is 1. The Morgan fingerprint density at radius 1 is 1.91 bits per heavy atom. The van der Waals surface area contributed by atoms with Crippen molar-refractivity contribution in [1.82, 2.24) is 10.2 Å². The summed E-state index contributed by atoms with van der Waals surface area (Å²) in [5.41, 5.74) is 0.994. The summed E-state index contributed by atoms with van der Waals surface area (Å²) in [6.07, 6.45) is 0.875. The van der Waals surface area contributed by atoms with Crippen molar-refractivity contribution in [2.75, 3.05) is 5.32 Å². The molecule has 0 atom stereocenters. The van der Waals surface area contributed by atoms with Crippen molar-refractivity contribution in [3.05, 3.63) is 18.7 Å². The molecule has 11 heavy (non-hydrogen) atoms. The van der Waals surface area contributed by atoms with Crippen LogP contribution in [0.3, 0.4) is 0 Å². The highest BCUT2D eigenvalue weighted by molar-refractivity contribution is 5.92. The second-order valence-electron chi connectivity index (χ2n) is 2.18. The van der Waals surface area contributed by atoms with E-state index in [4.69, 9.17) is 0 Å². The molecule has 0 fully saturated rings. The molecule has 1 aromatic heterocycles. The highest BCUT2D eigenvalue weighted by atomic mass is 16.1. The lowest BCUT2D eigenvalue weighted by Gasteiger charge is -1.91. The lowest BCUT2D eigenvalue weighted by molar-refractivity contribution is -0.112. The van der Waals surface area contributed by atoms with E-state index in [1.807, 2.05) is 6.92 Å². The predicted molar refractivity (Wildman–Crippen MR) is 42.0 cm³/mol. The number of carbonyl (C=O) groups is 1. The number of H-pyrrole nitrogens is 1. The average molecular weight is 152 g/mol. The van der Waals surface area contributed by atoms with Gasteiger partial charge in [-0.3, -0.25) is 9.89 Å². The molecule has 59 valence electrons. The molecule has 0 unspecified atom stereocenters. The van der Waals surface area contributed by atoms with Crippen LogP contribution >= 0.6 is 0 Å². The number of nitrogens with zero attached hydrogens (tertiary/aromatic N) is 1. The van der Waals surface area contributed by atoms with Crippen LogP contribution in [0.1, 0.15) is 12.6 Å². The number of anilines is 1. The van der Waals surface area contributed by atoms with Crippen molar-refractivity contribution in [2.45, 2.75) is 13.3 Å². The molecule has 1 radical (unpaired) electrons. The van der Waals surface area contributed by atoms with Crippen LogP contribution in [-0.2, 0) is 11.2 Å². The van der Waals surface area contributed by atoms with Gasteiger partial charge < -0.3 is 5.32 Å². The summed E-state index contributed by atoms with van der Waals surface area (Å²) >= 11 is 0. The normalized spacial score (nSPS) is 9.64. The lowest BCUT2D eigenvalue weighted by atomic mass is 10.3. The maximum atomic E-state index is 10.4. The number of carbonyl (C=O) groups excluding carboxylic acids is 1. The lowest BCUT2D eigenvalue weighted by Crippen LogP contribution is -2.06. The molecule has 0 aliphatic carbocycles. The van der Waals surface area contributed by atoms with E-state index in [0.717, 1.165) is 12.1 Å². The zero-order valence-electron chi connectivity index (χ0n) is 6.35. The number of aromatic nitrogens is 2. The quantitative estimate of drug-likeness (QED) is 0.656. The Hall–Kier alpha value is -1.32. The Morgan fingerprint density at radius 2 is 2.64 bits per heavy atom. The Labute approximate surface area is 65.0 Å². The van der Waals surface area contributed by atoms with Crippen LogP contribution in [0.4, 0.5) is 5.82 Å². The molecule has 0 aliphatic heterocycles. The van der Waals surface area contributed by atoms with Crippen LogP contribution in [0.25, 0.3) is 0 Å². The van der Waals surface area contributed by atoms with Gasteiger partial charge in [0.15, 0.2) is 5.82 Å². The second kappa shape index (κ2) is 3.18. The van der Waals surface area contributed by atoms with Gasteiger partial charge in [0.05, 0.1) is 0 Å². The zero-order chi connectivity index (χ0) is 8.27. The van der Waals surface area contributed by atoms with E-state index in [2.05, 4.69) is 22.4 Å². The van der Waals surface area contributed by atoms with Gasteiger partial charge in [0.2, 0.25) is 5.91 Å². The molecule has 0 saturated carbocycles. The Kier molecular flexibility index (Phi) is 2.25. The standard InChI is InChI=1S/C7H10N3O/c1-3-6-4-7(10-9-6)8-5(2)11/h4H,2-3H2,1H3,(H2,8,9,10,11). The molecule has 1 aromatic rings. The summed E-state index contributed by atoms with van der Waals surface area (Å²) in [5.74, 6) is 0.181. The fourth-order valence-electron chi connectivity index (χ4n) is 0.750. The highest BCUT2D eigenvalue weighted by Crippen LogP contribution is 2.04. The summed E-state index contributed by atoms with van der Waals surface area (Å²) in [7, 11) is 0. The van der Waals surface area contributed by atoms with E-state index in [0.29, 0.717) is 5.82 Å². The molecule has 1 heterocycles. The van der Waals surface area contributed by atoms with Gasteiger partial charge in [0.1, 0.15) is 0 Å². The van der Waals surface area contributed by atoms with E-state index in [9.17, 15) is 4.79 Å². The van der Waals surface area contributed by atoms with Crippen molar-refractivity contribution >= 4 is 11.7 Å². The maximum absolute atomic E-state index is 10.4. The number of hydrogen-bond donors (Lipinski definition) is 2. The summed E-state index contributed by atoms with van der Waals surface area (Å²) in [6, 6.07) is 1.78. The van der Waals surface area contributed by atoms with Crippen molar-refractivity contribution in [1.29, 1.82) is 0 Å². The topological polar surface area (TPSA) is 57.8 Å². The SMILES string of the molecule is [CH2]C(=O)Nc1cc(CC)[nH]n1. The van der Waals surface area contributed by atoms with Gasteiger partial charge >= 0.3 is 0 Å². The van der Waals surface area contributed by atoms with Gasteiger partial charge in [-0.1, -0.05) is 6.92 Å². The Balaban J connectivity index is 2.65. The molecule has 0 aliphatic rings. The van der Waals surface area contributed by atoms with E-state index >= 15 is 0 Å². The first kappa shape index (κ1) is 7.78. The van der Waals surface area contributed by atoms with Crippen LogP contribution in [0.5, 0.6) is 0 Å². The maximum Gasteiger partial charge on any atom is 0.226 e. The third kappa shape index (κ3) is 2.07. The summed E-state index contributed by atoms with van der Waals surface area (Å²) < 4.78 is 0. The van der Waals surface area contributed by atoms with Crippen LogP contribution in [0.2, 0.25) is 0 Å². The van der Waals surface area contributed by atoms with E-state index in [1.54, 1.807) is 6.07 Å². The second-order valence-corrected chi connectivity index (χ2v) is 2.18. The van der Waals surface area contributed by atoms with Crippen LogP contribution in [0.15, 0.2) is 6.07 Å². The van der Waals surface area contributed by atoms with Gasteiger partial charge in [-0.2, -0.15) is 5.10 Å². The first-order chi connectivity index (χ1) is 5.22. The van der Waals surface area contributed by atoms with E-state index < -0.39 is 0 Å². The smallest absolute Gasteiger partial charge is 0.226 e. The first-order valence-corrected chi connectivity index (χ1v) is 3.39. The first-order valence-electron chi connectivity index (χ1n) is 3.39. The molecular weight excluding hydrogens is 142 g/mol. The molecule has 1 amide bonds. The minimum Gasteiger partial charge on any atom is -0.309 e. The average Bonchev–Trinajstić information content (AvgIpc) is 2.34. The molecule has 2 N–H and O–H groups in total. The third-order valence-electron chi connectivity index (χ3n) is 1.28. The van der Waals surface area contributed by atoms with Crippen molar-refractivity contribution in [3.63, 3.8) is 0 Å². The number of aromatic amines is 1. The molecule has 4 nitrogen and oxygen atoms in total. The van der Waals surface area contributed by atoms with Crippen LogP contribution in [-0.4, -0.2) is 16.1 Å². The molecule has 0 spiro atoms.